The average Bonchev–Trinajstić information content (AvgIpc) is 3.28. The number of nitrogens with zero attached hydrogens (tertiary/aromatic N) is 2. The van der Waals surface area contributed by atoms with E-state index in [1.807, 2.05) is 43.3 Å². The van der Waals surface area contributed by atoms with Gasteiger partial charge in [0.1, 0.15) is 17.2 Å². The van der Waals surface area contributed by atoms with Crippen LogP contribution in [0, 0.1) is 18.8 Å². The van der Waals surface area contributed by atoms with Crippen molar-refractivity contribution in [2.75, 3.05) is 19.0 Å². The molecule has 2 amide bonds. The third-order valence-electron chi connectivity index (χ3n) is 8.98. The Morgan fingerprint density at radius 3 is 2.56 bits per heavy atom. The first-order valence-electron chi connectivity index (χ1n) is 14.7. The Labute approximate surface area is 241 Å². The van der Waals surface area contributed by atoms with Crippen molar-refractivity contribution in [3.05, 3.63) is 70.9 Å². The lowest BCUT2D eigenvalue weighted by Gasteiger charge is -2.40. The number of carbonyl (C=O) groups is 2. The number of carbonyl (C=O) groups excluding carboxylic acids is 2. The number of dihydropyridines is 1. The molecular weight excluding hydrogens is 514 g/mol. The van der Waals surface area contributed by atoms with Crippen molar-refractivity contribution in [1.82, 2.24) is 4.57 Å². The molecule has 1 fully saturated rings. The number of nitrogens with one attached hydrogen (secondary N) is 1. The molecule has 5 N–H and O–H groups in total. The van der Waals surface area contributed by atoms with Gasteiger partial charge >= 0.3 is 0 Å². The second kappa shape index (κ2) is 11.8. The third-order valence-corrected chi connectivity index (χ3v) is 8.98. The fraction of sp³-hybridized carbons (Fsp3) is 0.424. The largest absolute Gasteiger partial charge is 0.496 e. The van der Waals surface area contributed by atoms with E-state index < -0.39 is 23.3 Å². The number of aryl methyl sites for hydroxylation is 1. The molecule has 1 saturated carbocycles. The van der Waals surface area contributed by atoms with Crippen LogP contribution in [0.15, 0.2) is 59.1 Å². The van der Waals surface area contributed by atoms with Gasteiger partial charge in [0.2, 0.25) is 11.8 Å². The maximum Gasteiger partial charge on any atom is 0.245 e. The molecule has 5 rings (SSSR count). The van der Waals surface area contributed by atoms with E-state index in [1.165, 1.54) is 38.2 Å². The molecule has 2 aliphatic rings. The summed E-state index contributed by atoms with van der Waals surface area (Å²) in [6.45, 7) is 5.68. The van der Waals surface area contributed by atoms with Crippen LogP contribution in [0.5, 0.6) is 5.75 Å². The Hall–Kier alpha value is -4.07. The van der Waals surface area contributed by atoms with Crippen molar-refractivity contribution in [3.8, 4) is 5.75 Å². The Balaban J connectivity index is 1.68. The normalized spacial score (nSPS) is 21.0. The maximum absolute atomic E-state index is 13.4. The number of allylic oxidation sites excluding steroid dienone is 1. The molecule has 0 saturated heterocycles. The standard InChI is InChI=1S/C33H41N5O3/c1-4-38-21(2)29(24-12-8-9-13-27(24)38)33(30(32(35)40)25(31(34)39)17-19-37-33)26-15-14-23(20-28(26)41-3)36-18-16-22-10-6-5-7-11-22/h8-9,12-15,17,19-20,22,30,36H,4-7,10-11,16,18H2,1-3H3,(H2,34,39)(H2,35,40). The van der Waals surface area contributed by atoms with Gasteiger partial charge in [-0.05, 0) is 44.4 Å². The summed E-state index contributed by atoms with van der Waals surface area (Å²) in [5, 5.41) is 4.49. The Morgan fingerprint density at radius 1 is 1.12 bits per heavy atom. The smallest absolute Gasteiger partial charge is 0.245 e. The van der Waals surface area contributed by atoms with Crippen LogP contribution in [-0.4, -0.2) is 36.3 Å². The molecule has 0 radical (unpaired) electrons. The molecule has 2 aromatic carbocycles. The number of hydrogen-bond donors (Lipinski definition) is 3. The number of hydrogen-bond acceptors (Lipinski definition) is 5. The number of anilines is 1. The van der Waals surface area contributed by atoms with Gasteiger partial charge in [0.25, 0.3) is 0 Å². The number of rotatable bonds is 10. The lowest BCUT2D eigenvalue weighted by atomic mass is 9.67. The minimum atomic E-state index is -1.37. The number of benzene rings is 2. The van der Waals surface area contributed by atoms with E-state index in [4.69, 9.17) is 21.2 Å². The maximum atomic E-state index is 13.4. The number of para-hydroxylation sites is 1. The number of amides is 2. The summed E-state index contributed by atoms with van der Waals surface area (Å²) in [6, 6.07) is 13.9. The first-order chi connectivity index (χ1) is 19.8. The fourth-order valence-corrected chi connectivity index (χ4v) is 7.12. The van der Waals surface area contributed by atoms with Crippen LogP contribution in [0.4, 0.5) is 5.69 Å². The fourth-order valence-electron chi connectivity index (χ4n) is 7.12. The van der Waals surface area contributed by atoms with Crippen molar-refractivity contribution in [1.29, 1.82) is 0 Å². The number of fused-ring (bicyclic) bond motifs is 1. The summed E-state index contributed by atoms with van der Waals surface area (Å²) in [4.78, 5) is 31.1. The van der Waals surface area contributed by atoms with E-state index in [-0.39, 0.29) is 5.57 Å². The van der Waals surface area contributed by atoms with Gasteiger partial charge in [-0.15, -0.1) is 0 Å². The first kappa shape index (κ1) is 28.5. The van der Waals surface area contributed by atoms with Gasteiger partial charge < -0.3 is 26.1 Å². The molecule has 3 aromatic rings. The van der Waals surface area contributed by atoms with Crippen molar-refractivity contribution >= 4 is 34.6 Å². The highest BCUT2D eigenvalue weighted by atomic mass is 16.5. The molecule has 216 valence electrons. The predicted octanol–water partition coefficient (Wildman–Crippen LogP) is 5.20. The Morgan fingerprint density at radius 2 is 1.88 bits per heavy atom. The molecule has 8 heteroatoms. The lowest BCUT2D eigenvalue weighted by molar-refractivity contribution is -0.125. The van der Waals surface area contributed by atoms with Crippen LogP contribution >= 0.6 is 0 Å². The van der Waals surface area contributed by atoms with E-state index in [0.717, 1.165) is 46.7 Å². The van der Waals surface area contributed by atoms with Crippen LogP contribution in [-0.2, 0) is 21.7 Å². The number of aromatic nitrogens is 1. The zero-order chi connectivity index (χ0) is 29.1. The van der Waals surface area contributed by atoms with Crippen molar-refractivity contribution in [3.63, 3.8) is 0 Å². The second-order valence-corrected chi connectivity index (χ2v) is 11.2. The van der Waals surface area contributed by atoms with Gasteiger partial charge in [-0.1, -0.05) is 56.4 Å². The zero-order valence-electron chi connectivity index (χ0n) is 24.3. The number of methoxy groups -OCH3 is 1. The summed E-state index contributed by atoms with van der Waals surface area (Å²) in [5.74, 6) is -1.21. The quantitative estimate of drug-likeness (QED) is 0.318. The molecule has 2 heterocycles. The number of primary amides is 2. The van der Waals surface area contributed by atoms with Gasteiger partial charge in [0.15, 0.2) is 0 Å². The highest BCUT2D eigenvalue weighted by Crippen LogP contribution is 2.52. The minimum absolute atomic E-state index is 0.122. The number of aliphatic imine (C=N–C) groups is 1. The second-order valence-electron chi connectivity index (χ2n) is 11.2. The van der Waals surface area contributed by atoms with Gasteiger partial charge in [-0.25, -0.2) is 0 Å². The molecular formula is C33H41N5O3. The monoisotopic (exact) mass is 555 g/mol. The van der Waals surface area contributed by atoms with Gasteiger partial charge in [-0.3, -0.25) is 14.6 Å². The molecule has 1 aliphatic carbocycles. The van der Waals surface area contributed by atoms with E-state index in [0.29, 0.717) is 17.9 Å². The van der Waals surface area contributed by atoms with E-state index in [2.05, 4.69) is 22.9 Å². The van der Waals surface area contributed by atoms with Gasteiger partial charge in [0.05, 0.1) is 7.11 Å². The summed E-state index contributed by atoms with van der Waals surface area (Å²) in [5.41, 5.74) is 15.0. The Bertz CT molecular complexity index is 1510. The lowest BCUT2D eigenvalue weighted by Crippen LogP contribution is -2.48. The number of ether oxygens (including phenoxy) is 1. The summed E-state index contributed by atoms with van der Waals surface area (Å²) >= 11 is 0. The average molecular weight is 556 g/mol. The van der Waals surface area contributed by atoms with Crippen LogP contribution < -0.4 is 21.5 Å². The summed E-state index contributed by atoms with van der Waals surface area (Å²) in [7, 11) is 1.61. The van der Waals surface area contributed by atoms with Gasteiger partial charge in [0, 0.05) is 64.4 Å². The molecule has 2 atom stereocenters. The molecule has 1 aromatic heterocycles. The van der Waals surface area contributed by atoms with Crippen LogP contribution in [0.1, 0.15) is 62.3 Å². The minimum Gasteiger partial charge on any atom is -0.496 e. The molecule has 41 heavy (non-hydrogen) atoms. The van der Waals surface area contributed by atoms with Crippen LogP contribution in [0.25, 0.3) is 10.9 Å². The van der Waals surface area contributed by atoms with Gasteiger partial charge in [-0.2, -0.15) is 0 Å². The molecule has 1 aliphatic heterocycles. The SMILES string of the molecule is CCn1c(C)c(C2(c3ccc(NCCC4CCCCC4)cc3OC)N=CC=C(C(N)=O)C2C(N)=O)c2ccccc21. The Kier molecular flexibility index (Phi) is 8.20. The van der Waals surface area contributed by atoms with E-state index >= 15 is 0 Å². The highest BCUT2D eigenvalue weighted by Gasteiger charge is 2.53. The van der Waals surface area contributed by atoms with E-state index in [9.17, 15) is 9.59 Å². The molecule has 2 unspecified atom stereocenters. The van der Waals surface area contributed by atoms with Crippen molar-refractivity contribution < 1.29 is 14.3 Å². The number of nitrogens with two attached hydrogens (primary N) is 2. The van der Waals surface area contributed by atoms with Crippen LogP contribution in [0.2, 0.25) is 0 Å². The predicted molar refractivity (Wildman–Crippen MR) is 164 cm³/mol. The molecule has 8 nitrogen and oxygen atoms in total. The topological polar surface area (TPSA) is 125 Å². The highest BCUT2D eigenvalue weighted by molar-refractivity contribution is 6.05. The van der Waals surface area contributed by atoms with E-state index in [1.54, 1.807) is 13.3 Å². The zero-order valence-corrected chi connectivity index (χ0v) is 24.3. The third kappa shape index (κ3) is 5.00. The van der Waals surface area contributed by atoms with Crippen LogP contribution in [0.3, 0.4) is 0 Å². The summed E-state index contributed by atoms with van der Waals surface area (Å²) < 4.78 is 8.17. The molecule has 0 bridgehead atoms. The molecule has 0 spiro atoms. The van der Waals surface area contributed by atoms with Crippen molar-refractivity contribution in [2.45, 2.75) is 64.5 Å². The first-order valence-corrected chi connectivity index (χ1v) is 14.7. The summed E-state index contributed by atoms with van der Waals surface area (Å²) in [6.07, 6.45) is 10.8. The van der Waals surface area contributed by atoms with Crippen molar-refractivity contribution in [2.24, 2.45) is 28.3 Å².